The van der Waals surface area contributed by atoms with Crippen molar-refractivity contribution in [3.05, 3.63) is 18.2 Å². The first-order valence-electron chi connectivity index (χ1n) is 9.42. The number of carbonyl (C=O) groups is 1. The molecule has 154 valence electrons. The minimum Gasteiger partial charge on any atom is -0.454 e. The molecule has 2 aliphatic rings. The number of nitrogens with two attached hydrogens (primary N) is 1. The van der Waals surface area contributed by atoms with Gasteiger partial charge < -0.3 is 35.5 Å². The first kappa shape index (κ1) is 20.5. The monoisotopic (exact) mass is 408 g/mol. The Kier molecular flexibility index (Phi) is 6.14. The van der Waals surface area contributed by atoms with E-state index in [4.69, 9.17) is 32.2 Å². The highest BCUT2D eigenvalue weighted by atomic mass is 32.1. The molecule has 4 N–H and O–H groups in total. The maximum atomic E-state index is 12.4. The molecule has 28 heavy (non-hydrogen) atoms. The third kappa shape index (κ3) is 5.17. The van der Waals surface area contributed by atoms with E-state index in [0.717, 1.165) is 18.5 Å². The summed E-state index contributed by atoms with van der Waals surface area (Å²) in [7, 11) is 0. The van der Waals surface area contributed by atoms with Gasteiger partial charge in [0, 0.05) is 25.2 Å². The standard InChI is InChI=1S/C19H28N4O4S/c1-19(2,3)27-18(24)23-9-5-7-13(12(20)10-23)21-17(28)22-14-6-4-8-15-16(14)26-11-25-15/h4,6,8,12-13H,5,7,9-11,20H2,1-3H3,(H2,21,22,28)/t12-,13+/m1/s1. The third-order valence-electron chi connectivity index (χ3n) is 4.50. The Labute approximate surface area is 170 Å². The first-order valence-corrected chi connectivity index (χ1v) is 9.83. The van der Waals surface area contributed by atoms with Crippen LogP contribution in [0.25, 0.3) is 0 Å². The maximum absolute atomic E-state index is 12.4. The molecule has 0 unspecified atom stereocenters. The van der Waals surface area contributed by atoms with E-state index in [9.17, 15) is 4.79 Å². The summed E-state index contributed by atoms with van der Waals surface area (Å²) in [5.41, 5.74) is 6.57. The van der Waals surface area contributed by atoms with E-state index in [0.29, 0.717) is 29.7 Å². The van der Waals surface area contributed by atoms with Crippen molar-refractivity contribution in [3.63, 3.8) is 0 Å². The van der Waals surface area contributed by atoms with Crippen LogP contribution >= 0.6 is 12.2 Å². The molecule has 1 fully saturated rings. The molecule has 8 nitrogen and oxygen atoms in total. The zero-order chi connectivity index (χ0) is 20.3. The summed E-state index contributed by atoms with van der Waals surface area (Å²) in [6.07, 6.45) is 1.28. The molecule has 2 aliphatic heterocycles. The number of carbonyl (C=O) groups excluding carboxylic acids is 1. The number of amides is 1. The van der Waals surface area contributed by atoms with E-state index in [2.05, 4.69) is 10.6 Å². The highest BCUT2D eigenvalue weighted by molar-refractivity contribution is 7.80. The lowest BCUT2D eigenvalue weighted by Crippen LogP contribution is -2.52. The van der Waals surface area contributed by atoms with E-state index < -0.39 is 5.60 Å². The zero-order valence-corrected chi connectivity index (χ0v) is 17.3. The lowest BCUT2D eigenvalue weighted by molar-refractivity contribution is 0.0248. The van der Waals surface area contributed by atoms with Gasteiger partial charge in [0.05, 0.1) is 5.69 Å². The Bertz CT molecular complexity index is 737. The molecule has 2 atom stereocenters. The van der Waals surface area contributed by atoms with E-state index in [1.165, 1.54) is 0 Å². The highest BCUT2D eigenvalue weighted by Gasteiger charge is 2.30. The average Bonchev–Trinajstić information content (AvgIpc) is 3.00. The van der Waals surface area contributed by atoms with Gasteiger partial charge in [-0.05, 0) is 58.0 Å². The van der Waals surface area contributed by atoms with Crippen LogP contribution in [0.4, 0.5) is 10.5 Å². The summed E-state index contributed by atoms with van der Waals surface area (Å²) >= 11 is 5.46. The van der Waals surface area contributed by atoms with E-state index in [1.807, 2.05) is 39.0 Å². The fourth-order valence-electron chi connectivity index (χ4n) is 3.22. The summed E-state index contributed by atoms with van der Waals surface area (Å²) in [5.74, 6) is 1.33. The van der Waals surface area contributed by atoms with Gasteiger partial charge in [0.25, 0.3) is 0 Å². The molecule has 3 rings (SSSR count). The molecule has 0 saturated carbocycles. The van der Waals surface area contributed by atoms with Crippen LogP contribution in [0.3, 0.4) is 0 Å². The van der Waals surface area contributed by atoms with Crippen molar-refractivity contribution in [1.82, 2.24) is 10.2 Å². The van der Waals surface area contributed by atoms with Gasteiger partial charge in [0.1, 0.15) is 5.60 Å². The summed E-state index contributed by atoms with van der Waals surface area (Å²) in [6, 6.07) is 5.27. The van der Waals surface area contributed by atoms with Crippen LogP contribution in [0.1, 0.15) is 33.6 Å². The number of thiocarbonyl (C=S) groups is 1. The SMILES string of the molecule is CC(C)(C)OC(=O)N1CCC[C@H](NC(=S)Nc2cccc3c2OCO3)[C@H](N)C1. The van der Waals surface area contributed by atoms with Crippen molar-refractivity contribution in [2.24, 2.45) is 5.73 Å². The number of nitrogens with one attached hydrogen (secondary N) is 2. The second-order valence-electron chi connectivity index (χ2n) is 7.98. The third-order valence-corrected chi connectivity index (χ3v) is 4.72. The second kappa shape index (κ2) is 8.40. The molecule has 1 aromatic rings. The molecule has 1 saturated heterocycles. The smallest absolute Gasteiger partial charge is 0.410 e. The van der Waals surface area contributed by atoms with Gasteiger partial charge in [-0.25, -0.2) is 4.79 Å². The molecule has 9 heteroatoms. The van der Waals surface area contributed by atoms with Gasteiger partial charge in [-0.3, -0.25) is 0 Å². The molecule has 1 aromatic carbocycles. The van der Waals surface area contributed by atoms with Crippen molar-refractivity contribution < 1.29 is 19.0 Å². The summed E-state index contributed by atoms with van der Waals surface area (Å²) in [5, 5.41) is 6.88. The number of hydrogen-bond acceptors (Lipinski definition) is 6. The van der Waals surface area contributed by atoms with Crippen LogP contribution < -0.4 is 25.8 Å². The topological polar surface area (TPSA) is 98.1 Å². The van der Waals surface area contributed by atoms with Crippen molar-refractivity contribution in [2.45, 2.75) is 51.3 Å². The summed E-state index contributed by atoms with van der Waals surface area (Å²) < 4.78 is 16.3. The Hall–Kier alpha value is -2.26. The second-order valence-corrected chi connectivity index (χ2v) is 8.39. The number of nitrogens with zero attached hydrogens (tertiary/aromatic N) is 1. The minimum atomic E-state index is -0.529. The highest BCUT2D eigenvalue weighted by Crippen LogP contribution is 2.38. The van der Waals surface area contributed by atoms with Crippen LogP contribution in [0.2, 0.25) is 0 Å². The maximum Gasteiger partial charge on any atom is 0.410 e. The first-order chi connectivity index (χ1) is 13.2. The van der Waals surface area contributed by atoms with Gasteiger partial charge >= 0.3 is 6.09 Å². The number of fused-ring (bicyclic) bond motifs is 1. The van der Waals surface area contributed by atoms with Gasteiger partial charge in [0.2, 0.25) is 6.79 Å². The number of rotatable bonds is 2. The molecule has 1 amide bonds. The van der Waals surface area contributed by atoms with Crippen LogP contribution in [-0.2, 0) is 4.74 Å². The normalized spacial score (nSPS) is 21.6. The quantitative estimate of drug-likeness (QED) is 0.642. The van der Waals surface area contributed by atoms with Gasteiger partial charge in [0.15, 0.2) is 16.6 Å². The number of ether oxygens (including phenoxy) is 3. The molecule has 0 spiro atoms. The zero-order valence-electron chi connectivity index (χ0n) is 16.5. The largest absolute Gasteiger partial charge is 0.454 e. The number of hydrogen-bond donors (Lipinski definition) is 3. The van der Waals surface area contributed by atoms with Crippen molar-refractivity contribution in [1.29, 1.82) is 0 Å². The van der Waals surface area contributed by atoms with E-state index >= 15 is 0 Å². The van der Waals surface area contributed by atoms with Crippen LogP contribution in [0.5, 0.6) is 11.5 Å². The van der Waals surface area contributed by atoms with Crippen molar-refractivity contribution in [2.75, 3.05) is 25.2 Å². The lowest BCUT2D eigenvalue weighted by Gasteiger charge is -2.29. The van der Waals surface area contributed by atoms with Crippen LogP contribution in [0, 0.1) is 0 Å². The number of likely N-dealkylation sites (tertiary alicyclic amines) is 1. The fourth-order valence-corrected chi connectivity index (χ4v) is 3.48. The van der Waals surface area contributed by atoms with Crippen molar-refractivity contribution >= 4 is 29.1 Å². The van der Waals surface area contributed by atoms with E-state index in [1.54, 1.807) is 4.90 Å². The summed E-state index contributed by atoms with van der Waals surface area (Å²) in [4.78, 5) is 14.0. The molecule has 0 bridgehead atoms. The average molecular weight is 409 g/mol. The molecule has 0 aliphatic carbocycles. The molecule has 0 radical (unpaired) electrons. The molecular formula is C19H28N4O4S. The van der Waals surface area contributed by atoms with Gasteiger partial charge in [-0.2, -0.15) is 0 Å². The Balaban J connectivity index is 1.57. The van der Waals surface area contributed by atoms with Crippen LogP contribution in [-0.4, -0.2) is 53.7 Å². The van der Waals surface area contributed by atoms with Gasteiger partial charge in [-0.15, -0.1) is 0 Å². The molecule has 2 heterocycles. The summed E-state index contributed by atoms with van der Waals surface area (Å²) in [6.45, 7) is 6.78. The Morgan fingerprint density at radius 2 is 2.14 bits per heavy atom. The van der Waals surface area contributed by atoms with Gasteiger partial charge in [-0.1, -0.05) is 6.07 Å². The minimum absolute atomic E-state index is 0.0543. The lowest BCUT2D eigenvalue weighted by atomic mass is 10.1. The Morgan fingerprint density at radius 3 is 2.89 bits per heavy atom. The van der Waals surface area contributed by atoms with Crippen LogP contribution in [0.15, 0.2) is 18.2 Å². The van der Waals surface area contributed by atoms with E-state index in [-0.39, 0.29) is 25.0 Å². The number of para-hydroxylation sites is 1. The molecule has 0 aromatic heterocycles. The predicted molar refractivity (Wildman–Crippen MR) is 111 cm³/mol. The van der Waals surface area contributed by atoms with Crippen molar-refractivity contribution in [3.8, 4) is 11.5 Å². The molecular weight excluding hydrogens is 380 g/mol. The number of benzene rings is 1. The Morgan fingerprint density at radius 1 is 1.36 bits per heavy atom. The number of anilines is 1. The predicted octanol–water partition coefficient (Wildman–Crippen LogP) is 2.43. The fraction of sp³-hybridized carbons (Fsp3) is 0.579.